The van der Waals surface area contributed by atoms with Gasteiger partial charge in [0, 0.05) is 24.7 Å². The number of halogens is 1. The Kier molecular flexibility index (Phi) is 3.96. The SMILES string of the molecule is Cc1ccc(C(Cc2cn(C)nn2)NN)cc1Cl. The van der Waals surface area contributed by atoms with Crippen molar-refractivity contribution in [1.82, 2.24) is 20.4 Å². The van der Waals surface area contributed by atoms with Crippen LogP contribution in [0.4, 0.5) is 0 Å². The number of benzene rings is 1. The lowest BCUT2D eigenvalue weighted by Gasteiger charge is -2.15. The van der Waals surface area contributed by atoms with E-state index in [1.807, 2.05) is 38.4 Å². The normalized spacial score (nSPS) is 12.7. The number of hydrogen-bond donors (Lipinski definition) is 2. The Hall–Kier alpha value is -1.43. The lowest BCUT2D eigenvalue weighted by atomic mass is 10.0. The van der Waals surface area contributed by atoms with Crippen molar-refractivity contribution in [3.05, 3.63) is 46.2 Å². The predicted molar refractivity (Wildman–Crippen MR) is 71.0 cm³/mol. The van der Waals surface area contributed by atoms with Crippen LogP contribution in [0.15, 0.2) is 24.4 Å². The Morgan fingerprint density at radius 2 is 2.28 bits per heavy atom. The van der Waals surface area contributed by atoms with Crippen LogP contribution in [0.25, 0.3) is 0 Å². The third kappa shape index (κ3) is 2.87. The molecular formula is C12H16ClN5. The summed E-state index contributed by atoms with van der Waals surface area (Å²) in [6.45, 7) is 1.97. The number of aryl methyl sites for hydroxylation is 2. The lowest BCUT2D eigenvalue weighted by Crippen LogP contribution is -2.29. The molecule has 5 nitrogen and oxygen atoms in total. The molecule has 0 aliphatic carbocycles. The molecule has 1 atom stereocenters. The average molecular weight is 266 g/mol. The molecule has 0 aliphatic heterocycles. The monoisotopic (exact) mass is 265 g/mol. The van der Waals surface area contributed by atoms with Gasteiger partial charge in [-0.25, -0.2) is 0 Å². The van der Waals surface area contributed by atoms with Crippen molar-refractivity contribution in [3.63, 3.8) is 0 Å². The minimum Gasteiger partial charge on any atom is -0.271 e. The van der Waals surface area contributed by atoms with E-state index in [-0.39, 0.29) is 6.04 Å². The van der Waals surface area contributed by atoms with Crippen LogP contribution in [-0.2, 0) is 13.5 Å². The Morgan fingerprint density at radius 3 is 2.83 bits per heavy atom. The maximum atomic E-state index is 6.12. The highest BCUT2D eigenvalue weighted by atomic mass is 35.5. The van der Waals surface area contributed by atoms with Crippen LogP contribution in [0.3, 0.4) is 0 Å². The maximum absolute atomic E-state index is 6.12. The number of nitrogens with zero attached hydrogens (tertiary/aromatic N) is 3. The number of nitrogens with two attached hydrogens (primary N) is 1. The van der Waals surface area contributed by atoms with Gasteiger partial charge in [0.05, 0.1) is 11.7 Å². The second-order valence-corrected chi connectivity index (χ2v) is 4.72. The molecule has 0 amide bonds. The summed E-state index contributed by atoms with van der Waals surface area (Å²) in [4.78, 5) is 0. The second-order valence-electron chi connectivity index (χ2n) is 4.32. The van der Waals surface area contributed by atoms with E-state index < -0.39 is 0 Å². The van der Waals surface area contributed by atoms with E-state index in [9.17, 15) is 0 Å². The number of aromatic nitrogens is 3. The van der Waals surface area contributed by atoms with Crippen molar-refractivity contribution < 1.29 is 0 Å². The minimum absolute atomic E-state index is 0.0280. The smallest absolute Gasteiger partial charge is 0.0846 e. The molecule has 0 saturated heterocycles. The topological polar surface area (TPSA) is 68.8 Å². The first-order valence-corrected chi connectivity index (χ1v) is 6.05. The average Bonchev–Trinajstić information content (AvgIpc) is 2.75. The van der Waals surface area contributed by atoms with E-state index in [0.717, 1.165) is 21.8 Å². The van der Waals surface area contributed by atoms with Gasteiger partial charge in [-0.05, 0) is 24.1 Å². The third-order valence-corrected chi connectivity index (χ3v) is 3.27. The van der Waals surface area contributed by atoms with Crippen LogP contribution in [0.1, 0.15) is 22.9 Å². The fourth-order valence-electron chi connectivity index (χ4n) is 1.80. The molecule has 2 rings (SSSR count). The number of rotatable bonds is 4. The molecule has 96 valence electrons. The summed E-state index contributed by atoms with van der Waals surface area (Å²) in [5.74, 6) is 5.60. The summed E-state index contributed by atoms with van der Waals surface area (Å²) in [5.41, 5.74) is 5.77. The van der Waals surface area contributed by atoms with E-state index in [1.54, 1.807) is 4.68 Å². The van der Waals surface area contributed by atoms with Crippen molar-refractivity contribution in [1.29, 1.82) is 0 Å². The predicted octanol–water partition coefficient (Wildman–Crippen LogP) is 1.52. The first-order valence-electron chi connectivity index (χ1n) is 5.67. The summed E-state index contributed by atoms with van der Waals surface area (Å²) in [6, 6.07) is 5.90. The molecule has 0 saturated carbocycles. The molecule has 3 N–H and O–H groups in total. The van der Waals surface area contributed by atoms with Gasteiger partial charge >= 0.3 is 0 Å². The van der Waals surface area contributed by atoms with Crippen molar-refractivity contribution in [2.45, 2.75) is 19.4 Å². The summed E-state index contributed by atoms with van der Waals surface area (Å²) in [5, 5.41) is 8.70. The van der Waals surface area contributed by atoms with Gasteiger partial charge < -0.3 is 0 Å². The Labute approximate surface area is 111 Å². The maximum Gasteiger partial charge on any atom is 0.0846 e. The molecule has 0 bridgehead atoms. The minimum atomic E-state index is -0.0280. The standard InChI is InChI=1S/C12H16ClN5/c1-8-3-4-9(5-11(8)13)12(15-14)6-10-7-18(2)17-16-10/h3-5,7,12,15H,6,14H2,1-2H3. The van der Waals surface area contributed by atoms with E-state index in [2.05, 4.69) is 15.7 Å². The Balaban J connectivity index is 2.19. The van der Waals surface area contributed by atoms with E-state index in [0.29, 0.717) is 6.42 Å². The zero-order valence-electron chi connectivity index (χ0n) is 10.4. The first kappa shape index (κ1) is 13.0. The lowest BCUT2D eigenvalue weighted by molar-refractivity contribution is 0.545. The molecule has 0 aliphatic rings. The molecular weight excluding hydrogens is 250 g/mol. The molecule has 1 aromatic heterocycles. The van der Waals surface area contributed by atoms with E-state index >= 15 is 0 Å². The van der Waals surface area contributed by atoms with Gasteiger partial charge in [-0.2, -0.15) is 0 Å². The fraction of sp³-hybridized carbons (Fsp3) is 0.333. The number of nitrogens with one attached hydrogen (secondary N) is 1. The van der Waals surface area contributed by atoms with Gasteiger partial charge in [0.15, 0.2) is 0 Å². The number of hydrogen-bond acceptors (Lipinski definition) is 4. The first-order chi connectivity index (χ1) is 8.60. The zero-order valence-corrected chi connectivity index (χ0v) is 11.1. The molecule has 0 radical (unpaired) electrons. The van der Waals surface area contributed by atoms with E-state index in [4.69, 9.17) is 17.4 Å². The van der Waals surface area contributed by atoms with Crippen LogP contribution in [0.5, 0.6) is 0 Å². The van der Waals surface area contributed by atoms with Gasteiger partial charge in [0.2, 0.25) is 0 Å². The fourth-order valence-corrected chi connectivity index (χ4v) is 1.99. The van der Waals surface area contributed by atoms with Crippen LogP contribution in [0.2, 0.25) is 5.02 Å². The summed E-state index contributed by atoms with van der Waals surface area (Å²) in [7, 11) is 1.84. The summed E-state index contributed by atoms with van der Waals surface area (Å²) < 4.78 is 1.67. The van der Waals surface area contributed by atoms with Crippen LogP contribution < -0.4 is 11.3 Å². The van der Waals surface area contributed by atoms with Gasteiger partial charge in [0.1, 0.15) is 0 Å². The number of hydrazine groups is 1. The van der Waals surface area contributed by atoms with Crippen molar-refractivity contribution in [2.75, 3.05) is 0 Å². The van der Waals surface area contributed by atoms with Gasteiger partial charge in [-0.1, -0.05) is 28.9 Å². The zero-order chi connectivity index (χ0) is 13.1. The van der Waals surface area contributed by atoms with Crippen LogP contribution in [0, 0.1) is 6.92 Å². The molecule has 1 unspecified atom stereocenters. The third-order valence-electron chi connectivity index (χ3n) is 2.86. The van der Waals surface area contributed by atoms with E-state index in [1.165, 1.54) is 0 Å². The van der Waals surface area contributed by atoms with Crippen molar-refractivity contribution in [2.24, 2.45) is 12.9 Å². The second kappa shape index (κ2) is 5.48. The Bertz CT molecular complexity index is 537. The van der Waals surface area contributed by atoms with Gasteiger partial charge in [-0.15, -0.1) is 5.10 Å². The highest BCUT2D eigenvalue weighted by molar-refractivity contribution is 6.31. The van der Waals surface area contributed by atoms with Gasteiger partial charge in [-0.3, -0.25) is 16.0 Å². The molecule has 0 spiro atoms. The Morgan fingerprint density at radius 1 is 1.50 bits per heavy atom. The molecule has 2 aromatic rings. The molecule has 0 fully saturated rings. The highest BCUT2D eigenvalue weighted by Crippen LogP contribution is 2.23. The quantitative estimate of drug-likeness (QED) is 0.650. The van der Waals surface area contributed by atoms with Crippen LogP contribution in [-0.4, -0.2) is 15.0 Å². The van der Waals surface area contributed by atoms with Crippen molar-refractivity contribution >= 4 is 11.6 Å². The largest absolute Gasteiger partial charge is 0.271 e. The molecule has 18 heavy (non-hydrogen) atoms. The molecule has 1 heterocycles. The summed E-state index contributed by atoms with van der Waals surface area (Å²) in [6.07, 6.45) is 2.55. The van der Waals surface area contributed by atoms with Crippen LogP contribution >= 0.6 is 11.6 Å². The van der Waals surface area contributed by atoms with Gasteiger partial charge in [0.25, 0.3) is 0 Å². The molecule has 1 aromatic carbocycles. The molecule has 6 heteroatoms. The van der Waals surface area contributed by atoms with Crippen molar-refractivity contribution in [3.8, 4) is 0 Å². The summed E-state index contributed by atoms with van der Waals surface area (Å²) >= 11 is 6.12. The highest BCUT2D eigenvalue weighted by Gasteiger charge is 2.13.